The molecule has 0 heterocycles. The van der Waals surface area contributed by atoms with Crippen LogP contribution in [0.1, 0.15) is 50.5 Å². The molecule has 2 rings (SSSR count). The van der Waals surface area contributed by atoms with Crippen LogP contribution in [0.25, 0.3) is 0 Å². The molecular formula is C20H33ClN2O2. The van der Waals surface area contributed by atoms with Crippen LogP contribution in [-0.4, -0.2) is 30.2 Å². The predicted molar refractivity (Wildman–Crippen MR) is 105 cm³/mol. The fourth-order valence-corrected chi connectivity index (χ4v) is 3.82. The number of nitrogens with two attached hydrogens (primary N) is 1. The molecule has 25 heavy (non-hydrogen) atoms. The van der Waals surface area contributed by atoms with E-state index in [0.717, 1.165) is 12.0 Å². The molecule has 1 aliphatic rings. The van der Waals surface area contributed by atoms with Crippen LogP contribution in [0.15, 0.2) is 30.3 Å². The maximum Gasteiger partial charge on any atom is 0.223 e. The standard InChI is InChI=1S/C20H32N2O2.ClH/c1-22-20(24)17(12-15-8-4-2-5-9-15)14-19(23)18(21)13-16-10-6-3-7-11-16;/h2,4-5,8-9,16-19,23H,3,6-7,10-14,21H2,1H3,(H,22,24);1H/t17?,18?,19-;/m0./s1. The van der Waals surface area contributed by atoms with Gasteiger partial charge in [0.1, 0.15) is 0 Å². The minimum absolute atomic E-state index is 0. The Kier molecular flexibility index (Phi) is 10.1. The van der Waals surface area contributed by atoms with Crippen LogP contribution in [0.2, 0.25) is 0 Å². The number of aliphatic hydroxyl groups excluding tert-OH is 1. The van der Waals surface area contributed by atoms with Crippen LogP contribution in [0.4, 0.5) is 0 Å². The summed E-state index contributed by atoms with van der Waals surface area (Å²) in [5, 5.41) is 13.3. The number of carbonyl (C=O) groups excluding carboxylic acids is 1. The summed E-state index contributed by atoms with van der Waals surface area (Å²) in [5.74, 6) is 0.364. The van der Waals surface area contributed by atoms with Gasteiger partial charge in [-0.1, -0.05) is 62.4 Å². The molecule has 142 valence electrons. The molecule has 1 aliphatic carbocycles. The first-order valence-corrected chi connectivity index (χ1v) is 9.29. The Morgan fingerprint density at radius 2 is 1.88 bits per heavy atom. The Labute approximate surface area is 158 Å². The molecular weight excluding hydrogens is 336 g/mol. The zero-order chi connectivity index (χ0) is 17.4. The second-order valence-electron chi connectivity index (χ2n) is 7.21. The zero-order valence-electron chi connectivity index (χ0n) is 15.2. The smallest absolute Gasteiger partial charge is 0.223 e. The molecule has 0 spiro atoms. The van der Waals surface area contributed by atoms with Gasteiger partial charge in [0.05, 0.1) is 6.10 Å². The van der Waals surface area contributed by atoms with Gasteiger partial charge >= 0.3 is 0 Å². The van der Waals surface area contributed by atoms with Crippen LogP contribution in [0, 0.1) is 11.8 Å². The fourth-order valence-electron chi connectivity index (χ4n) is 3.82. The van der Waals surface area contributed by atoms with Crippen molar-refractivity contribution in [3.05, 3.63) is 35.9 Å². The first kappa shape index (κ1) is 21.9. The zero-order valence-corrected chi connectivity index (χ0v) is 16.0. The molecule has 1 amide bonds. The van der Waals surface area contributed by atoms with Gasteiger partial charge in [-0.15, -0.1) is 12.4 Å². The molecule has 0 radical (unpaired) electrons. The first-order valence-electron chi connectivity index (χ1n) is 9.29. The highest BCUT2D eigenvalue weighted by atomic mass is 35.5. The van der Waals surface area contributed by atoms with Gasteiger partial charge in [0.15, 0.2) is 0 Å². The molecule has 1 aromatic carbocycles. The molecule has 1 saturated carbocycles. The maximum absolute atomic E-state index is 12.2. The van der Waals surface area contributed by atoms with E-state index in [2.05, 4.69) is 5.32 Å². The lowest BCUT2D eigenvalue weighted by molar-refractivity contribution is -0.125. The van der Waals surface area contributed by atoms with Crippen molar-refractivity contribution in [1.29, 1.82) is 0 Å². The molecule has 0 saturated heterocycles. The molecule has 4 nitrogen and oxygen atoms in total. The molecule has 0 bridgehead atoms. The Morgan fingerprint density at radius 3 is 2.48 bits per heavy atom. The van der Waals surface area contributed by atoms with Crippen molar-refractivity contribution in [3.63, 3.8) is 0 Å². The van der Waals surface area contributed by atoms with Gasteiger partial charge in [-0.25, -0.2) is 0 Å². The van der Waals surface area contributed by atoms with E-state index in [1.807, 2.05) is 30.3 Å². The molecule has 1 aromatic rings. The highest BCUT2D eigenvalue weighted by molar-refractivity contribution is 5.85. The lowest BCUT2D eigenvalue weighted by atomic mass is 9.82. The monoisotopic (exact) mass is 368 g/mol. The van der Waals surface area contributed by atoms with Crippen molar-refractivity contribution in [2.45, 2.75) is 63.5 Å². The number of halogens is 1. The van der Waals surface area contributed by atoms with Gasteiger partial charge < -0.3 is 16.2 Å². The second kappa shape index (κ2) is 11.5. The molecule has 2 unspecified atom stereocenters. The topological polar surface area (TPSA) is 75.3 Å². The van der Waals surface area contributed by atoms with Gasteiger partial charge in [0, 0.05) is 19.0 Å². The van der Waals surface area contributed by atoms with Gasteiger partial charge in [-0.2, -0.15) is 0 Å². The Morgan fingerprint density at radius 1 is 1.24 bits per heavy atom. The minimum atomic E-state index is -0.627. The van der Waals surface area contributed by atoms with Gasteiger partial charge in [-0.3, -0.25) is 4.79 Å². The summed E-state index contributed by atoms with van der Waals surface area (Å²) in [4.78, 5) is 12.2. The van der Waals surface area contributed by atoms with E-state index in [4.69, 9.17) is 5.73 Å². The van der Waals surface area contributed by atoms with E-state index in [1.54, 1.807) is 7.05 Å². The Bertz CT molecular complexity index is 492. The van der Waals surface area contributed by atoms with Crippen molar-refractivity contribution in [3.8, 4) is 0 Å². The fraction of sp³-hybridized carbons (Fsp3) is 0.650. The average molecular weight is 369 g/mol. The highest BCUT2D eigenvalue weighted by Crippen LogP contribution is 2.28. The molecule has 4 N–H and O–H groups in total. The highest BCUT2D eigenvalue weighted by Gasteiger charge is 2.27. The van der Waals surface area contributed by atoms with Gasteiger partial charge in [0.2, 0.25) is 5.91 Å². The third-order valence-corrected chi connectivity index (χ3v) is 5.29. The second-order valence-corrected chi connectivity index (χ2v) is 7.21. The summed E-state index contributed by atoms with van der Waals surface area (Å²) in [5.41, 5.74) is 7.36. The number of aliphatic hydroxyl groups is 1. The van der Waals surface area contributed by atoms with E-state index in [1.165, 1.54) is 32.1 Å². The Balaban J connectivity index is 0.00000312. The van der Waals surface area contributed by atoms with Crippen molar-refractivity contribution < 1.29 is 9.90 Å². The number of hydrogen-bond donors (Lipinski definition) is 3. The van der Waals surface area contributed by atoms with E-state index >= 15 is 0 Å². The SMILES string of the molecule is CNC(=O)C(Cc1ccccc1)C[C@H](O)C(N)CC1CCCCC1.Cl. The van der Waals surface area contributed by atoms with Crippen molar-refractivity contribution >= 4 is 18.3 Å². The summed E-state index contributed by atoms with van der Waals surface area (Å²) in [6.45, 7) is 0. The number of benzene rings is 1. The third-order valence-electron chi connectivity index (χ3n) is 5.29. The number of hydrogen-bond acceptors (Lipinski definition) is 3. The van der Waals surface area contributed by atoms with Gasteiger partial charge in [0.25, 0.3) is 0 Å². The number of nitrogens with one attached hydrogen (secondary N) is 1. The maximum atomic E-state index is 12.2. The number of carbonyl (C=O) groups is 1. The molecule has 1 fully saturated rings. The summed E-state index contributed by atoms with van der Waals surface area (Å²) in [7, 11) is 1.65. The van der Waals surface area contributed by atoms with E-state index in [9.17, 15) is 9.90 Å². The van der Waals surface area contributed by atoms with Crippen molar-refractivity contribution in [1.82, 2.24) is 5.32 Å². The summed E-state index contributed by atoms with van der Waals surface area (Å²) >= 11 is 0. The summed E-state index contributed by atoms with van der Waals surface area (Å²) in [6, 6.07) is 9.71. The van der Waals surface area contributed by atoms with E-state index in [-0.39, 0.29) is 30.3 Å². The third kappa shape index (κ3) is 7.35. The van der Waals surface area contributed by atoms with Gasteiger partial charge in [-0.05, 0) is 30.7 Å². The summed E-state index contributed by atoms with van der Waals surface area (Å²) < 4.78 is 0. The normalized spacial score (nSPS) is 18.7. The first-order chi connectivity index (χ1) is 11.6. The lowest BCUT2D eigenvalue weighted by Gasteiger charge is -2.28. The van der Waals surface area contributed by atoms with Crippen LogP contribution < -0.4 is 11.1 Å². The largest absolute Gasteiger partial charge is 0.391 e. The molecule has 5 heteroatoms. The van der Waals surface area contributed by atoms with E-state index in [0.29, 0.717) is 18.8 Å². The van der Waals surface area contributed by atoms with E-state index < -0.39 is 6.10 Å². The lowest BCUT2D eigenvalue weighted by Crippen LogP contribution is -2.41. The minimum Gasteiger partial charge on any atom is -0.391 e. The molecule has 3 atom stereocenters. The van der Waals surface area contributed by atoms with Crippen LogP contribution in [0.3, 0.4) is 0 Å². The van der Waals surface area contributed by atoms with Crippen molar-refractivity contribution in [2.24, 2.45) is 17.6 Å². The molecule has 0 aliphatic heterocycles. The van der Waals surface area contributed by atoms with Crippen LogP contribution >= 0.6 is 12.4 Å². The van der Waals surface area contributed by atoms with Crippen LogP contribution in [0.5, 0.6) is 0 Å². The van der Waals surface area contributed by atoms with Crippen molar-refractivity contribution in [2.75, 3.05) is 7.05 Å². The Hall–Kier alpha value is -1.10. The number of amides is 1. The quantitative estimate of drug-likeness (QED) is 0.660. The van der Waals surface area contributed by atoms with Crippen LogP contribution in [-0.2, 0) is 11.2 Å². The predicted octanol–water partition coefficient (Wildman–Crippen LogP) is 3.06. The summed E-state index contributed by atoms with van der Waals surface area (Å²) in [6.07, 6.45) is 7.63. The average Bonchev–Trinajstić information content (AvgIpc) is 2.62. The molecule has 0 aromatic heterocycles. The number of rotatable bonds is 8.